The summed E-state index contributed by atoms with van der Waals surface area (Å²) in [5, 5.41) is 22.7. The van der Waals surface area contributed by atoms with E-state index in [0.717, 1.165) is 85.2 Å². The summed E-state index contributed by atoms with van der Waals surface area (Å²) in [7, 11) is 0. The highest BCUT2D eigenvalue weighted by molar-refractivity contribution is 7.18. The van der Waals surface area contributed by atoms with E-state index in [4.69, 9.17) is 34.8 Å². The lowest BCUT2D eigenvalue weighted by Crippen LogP contribution is -2.53. The number of carbonyl (C=O) groups excluding carboxylic acids is 2. The SMILES string of the molecule is Cc1ccc(C(=O)N2CC(O)C(N3CCN(Cc4ccc(Cl)cc4)CC3)C2)s1.O=C(c1ccc(Cl)s1)N1CC(O)C(N2CCN(Cc3ccc(Cl)cc3)CC2)C1. The van der Waals surface area contributed by atoms with E-state index in [9.17, 15) is 19.8 Å². The van der Waals surface area contributed by atoms with E-state index in [1.807, 2.05) is 43.3 Å². The molecule has 2 aromatic heterocycles. The molecule has 8 rings (SSSR count). The number of aliphatic hydroxyl groups excluding tert-OH is 2. The van der Waals surface area contributed by atoms with E-state index in [-0.39, 0.29) is 23.9 Å². The van der Waals surface area contributed by atoms with Gasteiger partial charge < -0.3 is 20.0 Å². The minimum Gasteiger partial charge on any atom is -0.390 e. The van der Waals surface area contributed by atoms with Crippen LogP contribution in [-0.4, -0.2) is 154 Å². The molecule has 4 unspecified atom stereocenters. The van der Waals surface area contributed by atoms with E-state index in [1.54, 1.807) is 21.9 Å². The van der Waals surface area contributed by atoms with Gasteiger partial charge in [0.05, 0.1) is 38.4 Å². The molecule has 4 atom stereocenters. The average molecular weight is 860 g/mol. The number of hydrogen-bond donors (Lipinski definition) is 2. The minimum atomic E-state index is -0.512. The Kier molecular flexibility index (Phi) is 14.1. The Hall–Kier alpha value is -2.59. The average Bonchev–Trinajstić information content (AvgIpc) is 4.01. The number of thiophene rings is 2. The molecule has 0 saturated carbocycles. The molecule has 6 heterocycles. The number of likely N-dealkylation sites (tertiary alicyclic amines) is 2. The number of aryl methyl sites for hydroxylation is 1. The van der Waals surface area contributed by atoms with Gasteiger partial charge in [-0.1, -0.05) is 59.1 Å². The number of piperazine rings is 2. The van der Waals surface area contributed by atoms with Gasteiger partial charge in [-0.3, -0.25) is 29.2 Å². The normalized spacial score (nSPS) is 24.0. The van der Waals surface area contributed by atoms with Gasteiger partial charge in [0, 0.05) is 107 Å². The van der Waals surface area contributed by atoms with Gasteiger partial charge in [-0.15, -0.1) is 22.7 Å². The van der Waals surface area contributed by atoms with Crippen LogP contribution in [0.1, 0.15) is 35.3 Å². The molecule has 4 aromatic rings. The maximum Gasteiger partial charge on any atom is 0.264 e. The second kappa shape index (κ2) is 19.0. The lowest BCUT2D eigenvalue weighted by Gasteiger charge is -2.38. The van der Waals surface area contributed by atoms with Crippen LogP contribution in [0.5, 0.6) is 0 Å². The zero-order valence-corrected chi connectivity index (χ0v) is 35.4. The van der Waals surface area contributed by atoms with E-state index in [2.05, 4.69) is 43.9 Å². The van der Waals surface area contributed by atoms with Gasteiger partial charge in [-0.05, 0) is 66.6 Å². The Bertz CT molecular complexity index is 1780. The molecule has 4 saturated heterocycles. The maximum absolute atomic E-state index is 12.7. The first-order valence-corrected chi connectivity index (χ1v) is 21.9. The molecule has 4 fully saturated rings. The predicted molar refractivity (Wildman–Crippen MR) is 226 cm³/mol. The number of rotatable bonds is 8. The fourth-order valence-electron chi connectivity index (χ4n) is 8.08. The van der Waals surface area contributed by atoms with E-state index >= 15 is 0 Å². The van der Waals surface area contributed by atoms with Crippen LogP contribution < -0.4 is 0 Å². The zero-order valence-electron chi connectivity index (χ0n) is 31.5. The van der Waals surface area contributed by atoms with Crippen molar-refractivity contribution < 1.29 is 19.8 Å². The van der Waals surface area contributed by atoms with Crippen LogP contribution in [0.3, 0.4) is 0 Å². The highest BCUT2D eigenvalue weighted by Gasteiger charge is 2.40. The summed E-state index contributed by atoms with van der Waals surface area (Å²) in [6.45, 7) is 13.2. The molecule has 4 aliphatic heterocycles. The summed E-state index contributed by atoms with van der Waals surface area (Å²) in [4.78, 5) is 40.9. The molecule has 0 bridgehead atoms. The van der Waals surface area contributed by atoms with Crippen molar-refractivity contribution in [3.8, 4) is 0 Å². The van der Waals surface area contributed by atoms with Gasteiger partial charge in [-0.2, -0.15) is 0 Å². The predicted octanol–water partition coefficient (Wildman–Crippen LogP) is 5.77. The van der Waals surface area contributed by atoms with Crippen LogP contribution in [-0.2, 0) is 13.1 Å². The number of halogens is 3. The number of β-amino-alcohol motifs (C(OH)–C–C–N with tert-alkyl or cyclic N) is 2. The summed E-state index contributed by atoms with van der Waals surface area (Å²) >= 11 is 20.7. The Morgan fingerprint density at radius 1 is 0.571 bits per heavy atom. The number of aliphatic hydroxyl groups is 2. The number of amides is 2. The number of benzene rings is 2. The van der Waals surface area contributed by atoms with Gasteiger partial charge >= 0.3 is 0 Å². The molecule has 4 aliphatic rings. The van der Waals surface area contributed by atoms with Gasteiger partial charge in [0.1, 0.15) is 0 Å². The summed E-state index contributed by atoms with van der Waals surface area (Å²) < 4.78 is 0.608. The molecule has 0 spiro atoms. The van der Waals surface area contributed by atoms with Crippen molar-refractivity contribution in [1.82, 2.24) is 29.4 Å². The fraction of sp³-hybridized carbons (Fsp3) is 0.463. The topological polar surface area (TPSA) is 94.0 Å². The molecule has 2 amide bonds. The monoisotopic (exact) mass is 858 g/mol. The highest BCUT2D eigenvalue weighted by Crippen LogP contribution is 2.27. The number of carbonyl (C=O) groups is 2. The lowest BCUT2D eigenvalue weighted by molar-refractivity contribution is 0.0423. The standard InChI is InChI=1S/C21H26ClN3O2S.C20H23Cl2N3O2S/c1-15-2-7-20(28-15)21(27)25-13-18(19(26)14-25)24-10-8-23(9-11-24)12-16-3-5-17(22)6-4-16;21-15-3-1-14(2-4-15)11-23-7-9-24(10-8-23)16-12-25(13-17(16)26)20(27)18-5-6-19(22)28-18/h2-7,18-19,26H,8-14H2,1H3;1-6,16-17,26H,7-13H2. The second-order valence-corrected chi connectivity index (χ2v) is 19.0. The van der Waals surface area contributed by atoms with Crippen molar-refractivity contribution in [2.24, 2.45) is 0 Å². The van der Waals surface area contributed by atoms with Crippen molar-refractivity contribution in [2.45, 2.75) is 44.3 Å². The van der Waals surface area contributed by atoms with Gasteiger partial charge in [0.15, 0.2) is 0 Å². The van der Waals surface area contributed by atoms with Gasteiger partial charge in [0.2, 0.25) is 0 Å². The molecule has 2 N–H and O–H groups in total. The maximum atomic E-state index is 12.7. The molecular formula is C41H49Cl3N6O4S2. The number of hydrogen-bond acceptors (Lipinski definition) is 10. The van der Waals surface area contributed by atoms with E-state index < -0.39 is 12.2 Å². The second-order valence-electron chi connectivity index (χ2n) is 15.1. The van der Waals surface area contributed by atoms with E-state index in [1.165, 1.54) is 33.8 Å². The van der Waals surface area contributed by atoms with Crippen LogP contribution >= 0.6 is 57.5 Å². The Morgan fingerprint density at radius 3 is 1.36 bits per heavy atom. The molecule has 300 valence electrons. The summed E-state index contributed by atoms with van der Waals surface area (Å²) in [6.07, 6.45) is -0.991. The van der Waals surface area contributed by atoms with Crippen molar-refractivity contribution in [2.75, 3.05) is 78.5 Å². The van der Waals surface area contributed by atoms with Crippen molar-refractivity contribution in [3.05, 3.63) is 113 Å². The quantitative estimate of drug-likeness (QED) is 0.231. The Labute approximate surface area is 352 Å². The van der Waals surface area contributed by atoms with E-state index in [0.29, 0.717) is 35.4 Å². The summed E-state index contributed by atoms with van der Waals surface area (Å²) in [5.74, 6) is 0.000786. The Balaban J connectivity index is 0.000000172. The zero-order chi connectivity index (χ0) is 39.3. The first-order chi connectivity index (χ1) is 27.0. The first kappa shape index (κ1) is 41.6. The largest absolute Gasteiger partial charge is 0.390 e. The van der Waals surface area contributed by atoms with Crippen molar-refractivity contribution in [1.29, 1.82) is 0 Å². The molecule has 15 heteroatoms. The summed E-state index contributed by atoms with van der Waals surface area (Å²) in [5.41, 5.74) is 2.52. The Morgan fingerprint density at radius 2 is 0.982 bits per heavy atom. The third-order valence-corrected chi connectivity index (χ3v) is 13.9. The lowest BCUT2D eigenvalue weighted by atomic mass is 10.1. The molecule has 0 radical (unpaired) electrons. The van der Waals surface area contributed by atoms with Crippen LogP contribution in [0.2, 0.25) is 14.4 Å². The van der Waals surface area contributed by atoms with Gasteiger partial charge in [-0.25, -0.2) is 0 Å². The fourth-order valence-corrected chi connectivity index (χ4v) is 10.2. The van der Waals surface area contributed by atoms with Gasteiger partial charge in [0.25, 0.3) is 11.8 Å². The smallest absolute Gasteiger partial charge is 0.264 e. The molecule has 56 heavy (non-hydrogen) atoms. The molecule has 0 aliphatic carbocycles. The third kappa shape index (κ3) is 10.5. The van der Waals surface area contributed by atoms with Crippen LogP contribution in [0, 0.1) is 6.92 Å². The minimum absolute atomic E-state index is 0.00272. The molecular weight excluding hydrogens is 811 g/mol. The molecule has 2 aromatic carbocycles. The van der Waals surface area contributed by atoms with Crippen LogP contribution in [0.25, 0.3) is 0 Å². The van der Waals surface area contributed by atoms with Crippen LogP contribution in [0.15, 0.2) is 72.8 Å². The number of nitrogens with zero attached hydrogens (tertiary/aromatic N) is 6. The molecule has 10 nitrogen and oxygen atoms in total. The highest BCUT2D eigenvalue weighted by atomic mass is 35.5. The van der Waals surface area contributed by atoms with Crippen molar-refractivity contribution in [3.63, 3.8) is 0 Å². The van der Waals surface area contributed by atoms with Crippen molar-refractivity contribution >= 4 is 69.3 Å². The first-order valence-electron chi connectivity index (χ1n) is 19.2. The summed E-state index contributed by atoms with van der Waals surface area (Å²) in [6, 6.07) is 23.4. The third-order valence-electron chi connectivity index (χ3n) is 11.2. The van der Waals surface area contributed by atoms with Crippen LogP contribution in [0.4, 0.5) is 0 Å².